The molecule has 4 rings (SSSR count). The van der Waals surface area contributed by atoms with E-state index < -0.39 is 17.7 Å². The van der Waals surface area contributed by atoms with Crippen LogP contribution < -0.4 is 14.4 Å². The zero-order chi connectivity index (χ0) is 22.7. The van der Waals surface area contributed by atoms with Gasteiger partial charge in [-0.15, -0.1) is 11.3 Å². The first-order valence-corrected chi connectivity index (χ1v) is 11.1. The monoisotopic (exact) mass is 449 g/mol. The van der Waals surface area contributed by atoms with Crippen LogP contribution >= 0.6 is 11.3 Å². The maximum absolute atomic E-state index is 13.3. The third-order valence-corrected chi connectivity index (χ3v) is 6.07. The number of hydrogen-bond donors (Lipinski definition) is 1. The predicted molar refractivity (Wildman–Crippen MR) is 124 cm³/mol. The summed E-state index contributed by atoms with van der Waals surface area (Å²) in [7, 11) is 1.54. The van der Waals surface area contributed by atoms with Crippen LogP contribution in [0.2, 0.25) is 0 Å². The fourth-order valence-electron chi connectivity index (χ4n) is 3.69. The second kappa shape index (κ2) is 9.28. The summed E-state index contributed by atoms with van der Waals surface area (Å²) in [6, 6.07) is 16.9. The van der Waals surface area contributed by atoms with Crippen molar-refractivity contribution in [2.45, 2.75) is 19.4 Å². The number of nitrogens with zero attached hydrogens (tertiary/aromatic N) is 1. The van der Waals surface area contributed by atoms with Crippen molar-refractivity contribution in [3.63, 3.8) is 0 Å². The average molecular weight is 450 g/mol. The van der Waals surface area contributed by atoms with Crippen molar-refractivity contribution >= 4 is 28.7 Å². The van der Waals surface area contributed by atoms with Crippen LogP contribution in [0, 0.1) is 0 Å². The third-order valence-electron chi connectivity index (χ3n) is 5.20. The molecule has 6 nitrogen and oxygen atoms in total. The van der Waals surface area contributed by atoms with Gasteiger partial charge in [-0.3, -0.25) is 14.5 Å². The SMILES string of the molecule is CCCOc1ccc(C2C(C(=O)c3cccs3)=C(O)C(=O)N2c2cccc(OC)c2)cc1. The average Bonchev–Trinajstić information content (AvgIpc) is 3.45. The molecule has 0 bridgehead atoms. The van der Waals surface area contributed by atoms with Crippen LogP contribution in [0.25, 0.3) is 0 Å². The number of rotatable bonds is 8. The molecule has 1 aliphatic heterocycles. The zero-order valence-corrected chi connectivity index (χ0v) is 18.6. The molecule has 1 unspecified atom stereocenters. The summed E-state index contributed by atoms with van der Waals surface area (Å²) in [6.45, 7) is 2.63. The Morgan fingerprint density at radius 3 is 2.53 bits per heavy atom. The molecule has 1 amide bonds. The molecule has 1 aliphatic rings. The van der Waals surface area contributed by atoms with E-state index in [-0.39, 0.29) is 11.4 Å². The highest BCUT2D eigenvalue weighted by Gasteiger charge is 2.44. The number of carbonyl (C=O) groups is 2. The number of ether oxygens (including phenoxy) is 2. The second-order valence-electron chi connectivity index (χ2n) is 7.27. The molecule has 164 valence electrons. The zero-order valence-electron chi connectivity index (χ0n) is 17.8. The number of anilines is 1. The molecular formula is C25H23NO5S. The highest BCUT2D eigenvalue weighted by Crippen LogP contribution is 2.43. The van der Waals surface area contributed by atoms with Crippen LogP contribution in [0.3, 0.4) is 0 Å². The Hall–Kier alpha value is -3.58. The lowest BCUT2D eigenvalue weighted by molar-refractivity contribution is -0.117. The van der Waals surface area contributed by atoms with Gasteiger partial charge in [-0.25, -0.2) is 0 Å². The van der Waals surface area contributed by atoms with Crippen LogP contribution in [0.4, 0.5) is 5.69 Å². The predicted octanol–water partition coefficient (Wildman–Crippen LogP) is 5.33. The van der Waals surface area contributed by atoms with Gasteiger partial charge in [0.15, 0.2) is 5.76 Å². The molecule has 3 aromatic rings. The number of thiophene rings is 1. The summed E-state index contributed by atoms with van der Waals surface area (Å²) in [4.78, 5) is 28.4. The number of ketones is 1. The minimum Gasteiger partial charge on any atom is -0.503 e. The van der Waals surface area contributed by atoms with Crippen LogP contribution in [-0.2, 0) is 4.79 Å². The van der Waals surface area contributed by atoms with E-state index in [0.717, 1.165) is 6.42 Å². The molecule has 2 aromatic carbocycles. The van der Waals surface area contributed by atoms with Crippen molar-refractivity contribution in [1.82, 2.24) is 0 Å². The number of benzene rings is 2. The van der Waals surface area contributed by atoms with Gasteiger partial charge in [-0.1, -0.05) is 31.2 Å². The first-order valence-electron chi connectivity index (χ1n) is 10.3. The lowest BCUT2D eigenvalue weighted by Gasteiger charge is -2.27. The van der Waals surface area contributed by atoms with Gasteiger partial charge in [0.1, 0.15) is 11.5 Å². The molecule has 0 aliphatic carbocycles. The molecule has 0 saturated heterocycles. The number of aliphatic hydroxyl groups excluding tert-OH is 1. The van der Waals surface area contributed by atoms with Crippen LogP contribution in [-0.4, -0.2) is 30.5 Å². The topological polar surface area (TPSA) is 76.1 Å². The van der Waals surface area contributed by atoms with Gasteiger partial charge in [0.25, 0.3) is 5.91 Å². The largest absolute Gasteiger partial charge is 0.503 e. The molecule has 0 saturated carbocycles. The Balaban J connectivity index is 1.81. The number of Topliss-reactive ketones (excluding diaryl/α,β-unsaturated/α-hetero) is 1. The third kappa shape index (κ3) is 3.99. The quantitative estimate of drug-likeness (QED) is 0.471. The molecule has 2 heterocycles. The molecule has 1 N–H and O–H groups in total. The maximum atomic E-state index is 13.3. The fraction of sp³-hybridized carbons (Fsp3) is 0.200. The van der Waals surface area contributed by atoms with Gasteiger partial charge in [0.05, 0.1) is 30.2 Å². The summed E-state index contributed by atoms with van der Waals surface area (Å²) >= 11 is 1.27. The fourth-order valence-corrected chi connectivity index (χ4v) is 4.36. The van der Waals surface area contributed by atoms with Gasteiger partial charge >= 0.3 is 0 Å². The van der Waals surface area contributed by atoms with Gasteiger partial charge < -0.3 is 14.6 Å². The second-order valence-corrected chi connectivity index (χ2v) is 8.21. The number of aliphatic hydroxyl groups is 1. The Morgan fingerprint density at radius 1 is 1.09 bits per heavy atom. The smallest absolute Gasteiger partial charge is 0.294 e. The standard InChI is InChI=1S/C25H23NO5S/c1-3-13-31-18-11-9-16(10-12-18)22-21(23(27)20-8-5-14-32-20)24(28)25(29)26(22)17-6-4-7-19(15-17)30-2/h4-12,14-15,22,28H,3,13H2,1-2H3. The summed E-state index contributed by atoms with van der Waals surface area (Å²) in [5, 5.41) is 12.6. The summed E-state index contributed by atoms with van der Waals surface area (Å²) in [5.41, 5.74) is 1.27. The van der Waals surface area contributed by atoms with Gasteiger partial charge in [-0.2, -0.15) is 0 Å². The van der Waals surface area contributed by atoms with E-state index in [1.165, 1.54) is 16.2 Å². The van der Waals surface area contributed by atoms with E-state index >= 15 is 0 Å². The first-order chi connectivity index (χ1) is 15.5. The normalized spacial score (nSPS) is 15.9. The van der Waals surface area contributed by atoms with Crippen molar-refractivity contribution in [3.05, 3.63) is 87.8 Å². The minimum atomic E-state index is -0.788. The van der Waals surface area contributed by atoms with Crippen LogP contribution in [0.5, 0.6) is 11.5 Å². The van der Waals surface area contributed by atoms with Gasteiger partial charge in [0, 0.05) is 11.8 Å². The number of methoxy groups -OCH3 is 1. The van der Waals surface area contributed by atoms with Crippen LogP contribution in [0.15, 0.2) is 77.4 Å². The first kappa shape index (κ1) is 21.6. The Bertz CT molecular complexity index is 1150. The highest BCUT2D eigenvalue weighted by molar-refractivity contribution is 7.12. The van der Waals surface area contributed by atoms with E-state index in [2.05, 4.69) is 0 Å². The highest BCUT2D eigenvalue weighted by atomic mass is 32.1. The summed E-state index contributed by atoms with van der Waals surface area (Å²) < 4.78 is 11.0. The van der Waals surface area contributed by atoms with Gasteiger partial charge in [0.2, 0.25) is 5.78 Å². The van der Waals surface area contributed by atoms with E-state index in [1.807, 2.05) is 31.2 Å². The summed E-state index contributed by atoms with van der Waals surface area (Å²) in [6.07, 6.45) is 0.887. The summed E-state index contributed by atoms with van der Waals surface area (Å²) in [5.74, 6) is -0.272. The van der Waals surface area contributed by atoms with Crippen molar-refractivity contribution in [3.8, 4) is 11.5 Å². The van der Waals surface area contributed by atoms with E-state index in [1.54, 1.807) is 48.9 Å². The molecule has 0 radical (unpaired) electrons. The van der Waals surface area contributed by atoms with Crippen molar-refractivity contribution < 1.29 is 24.2 Å². The van der Waals surface area contributed by atoms with Crippen molar-refractivity contribution in [2.75, 3.05) is 18.6 Å². The van der Waals surface area contributed by atoms with Crippen LogP contribution in [0.1, 0.15) is 34.6 Å². The maximum Gasteiger partial charge on any atom is 0.294 e. The lowest BCUT2D eigenvalue weighted by atomic mass is 9.95. The van der Waals surface area contributed by atoms with Crippen molar-refractivity contribution in [2.24, 2.45) is 0 Å². The van der Waals surface area contributed by atoms with E-state index in [4.69, 9.17) is 9.47 Å². The Labute approximate surface area is 190 Å². The molecule has 1 aromatic heterocycles. The van der Waals surface area contributed by atoms with E-state index in [9.17, 15) is 14.7 Å². The van der Waals surface area contributed by atoms with Gasteiger partial charge in [-0.05, 0) is 47.7 Å². The molecule has 32 heavy (non-hydrogen) atoms. The molecule has 0 fully saturated rings. The lowest BCUT2D eigenvalue weighted by Crippen LogP contribution is -2.31. The molecule has 0 spiro atoms. The Morgan fingerprint density at radius 2 is 1.88 bits per heavy atom. The number of hydrogen-bond acceptors (Lipinski definition) is 6. The van der Waals surface area contributed by atoms with E-state index in [0.29, 0.717) is 34.2 Å². The minimum absolute atomic E-state index is 0.0579. The number of amides is 1. The number of carbonyl (C=O) groups excluding carboxylic acids is 2. The molecule has 7 heteroatoms. The molecule has 1 atom stereocenters. The van der Waals surface area contributed by atoms with Crippen molar-refractivity contribution in [1.29, 1.82) is 0 Å². The molecular weight excluding hydrogens is 426 g/mol. The Kier molecular flexibility index (Phi) is 6.28.